The number of carbonyl (C=O) groups excluding carboxylic acids is 1. The molecule has 5 nitrogen and oxygen atoms in total. The first-order valence-electron chi connectivity index (χ1n) is 6.22. The van der Waals surface area contributed by atoms with Gasteiger partial charge in [0, 0.05) is 10.7 Å². The number of rotatable bonds is 3. The van der Waals surface area contributed by atoms with Crippen molar-refractivity contribution < 1.29 is 14.7 Å². The first-order valence-corrected chi connectivity index (χ1v) is 7.01. The molecule has 0 spiro atoms. The Bertz CT molecular complexity index is 498. The highest BCUT2D eigenvalue weighted by atomic mass is 79.9. The van der Waals surface area contributed by atoms with Gasteiger partial charge in [0.25, 0.3) is 5.91 Å². The van der Waals surface area contributed by atoms with E-state index in [2.05, 4.69) is 26.2 Å². The van der Waals surface area contributed by atoms with Crippen LogP contribution < -0.4 is 5.32 Å². The lowest BCUT2D eigenvalue weighted by molar-refractivity contribution is -0.145. The largest absolute Gasteiger partial charge is 0.480 e. The molecule has 0 unspecified atom stereocenters. The van der Waals surface area contributed by atoms with Crippen LogP contribution in [0, 0.1) is 0 Å². The molecule has 2 rings (SSSR count). The summed E-state index contributed by atoms with van der Waals surface area (Å²) in [5.41, 5.74) is -0.930. The third-order valence-electron chi connectivity index (χ3n) is 3.44. The van der Waals surface area contributed by atoms with E-state index in [1.807, 2.05) is 0 Å². The molecule has 1 fully saturated rings. The summed E-state index contributed by atoms with van der Waals surface area (Å²) in [6, 6.07) is 3.41. The van der Waals surface area contributed by atoms with Gasteiger partial charge in [-0.2, -0.15) is 0 Å². The van der Waals surface area contributed by atoms with Crippen molar-refractivity contribution in [2.75, 3.05) is 0 Å². The number of carbonyl (C=O) groups is 2. The molecule has 19 heavy (non-hydrogen) atoms. The fourth-order valence-corrected chi connectivity index (χ4v) is 2.81. The lowest BCUT2D eigenvalue weighted by Crippen LogP contribution is -2.55. The Hall–Kier alpha value is -1.43. The van der Waals surface area contributed by atoms with Crippen LogP contribution in [-0.4, -0.2) is 27.5 Å². The van der Waals surface area contributed by atoms with Crippen LogP contribution in [0.2, 0.25) is 0 Å². The van der Waals surface area contributed by atoms with E-state index in [1.54, 1.807) is 12.1 Å². The summed E-state index contributed by atoms with van der Waals surface area (Å²) < 4.78 is 0.559. The number of halogens is 1. The number of amides is 1. The summed E-state index contributed by atoms with van der Waals surface area (Å²) in [7, 11) is 0. The predicted octanol–water partition coefficient (Wildman–Crippen LogP) is 2.36. The van der Waals surface area contributed by atoms with Crippen molar-refractivity contribution in [1.82, 2.24) is 10.3 Å². The van der Waals surface area contributed by atoms with Crippen molar-refractivity contribution in [1.29, 1.82) is 0 Å². The number of carboxylic acid groups (broad SMARTS) is 1. The summed E-state index contributed by atoms with van der Waals surface area (Å²) in [5, 5.41) is 12.1. The second-order valence-corrected chi connectivity index (χ2v) is 5.59. The standard InChI is InChI=1S/C13H15BrN2O3/c14-9-5-4-8-15-10(9)11(17)16-13(12(18)19)6-2-1-3-7-13/h4-5,8H,1-3,6-7H2,(H,16,17)(H,18,19). The molecule has 0 aromatic carbocycles. The van der Waals surface area contributed by atoms with Gasteiger partial charge in [0.15, 0.2) is 0 Å². The fraction of sp³-hybridized carbons (Fsp3) is 0.462. The van der Waals surface area contributed by atoms with E-state index in [0.29, 0.717) is 17.3 Å². The third-order valence-corrected chi connectivity index (χ3v) is 4.08. The highest BCUT2D eigenvalue weighted by Gasteiger charge is 2.41. The molecule has 1 aliphatic carbocycles. The molecule has 1 amide bonds. The quantitative estimate of drug-likeness (QED) is 0.893. The Morgan fingerprint density at radius 3 is 2.58 bits per heavy atom. The van der Waals surface area contributed by atoms with E-state index >= 15 is 0 Å². The van der Waals surface area contributed by atoms with Gasteiger partial charge in [-0.3, -0.25) is 4.79 Å². The average Bonchev–Trinajstić information content (AvgIpc) is 2.40. The minimum absolute atomic E-state index is 0.216. The maximum absolute atomic E-state index is 12.2. The van der Waals surface area contributed by atoms with Crippen LogP contribution in [0.5, 0.6) is 0 Å². The Balaban J connectivity index is 2.20. The number of hydrogen-bond acceptors (Lipinski definition) is 3. The van der Waals surface area contributed by atoms with Gasteiger partial charge < -0.3 is 10.4 Å². The van der Waals surface area contributed by atoms with E-state index in [0.717, 1.165) is 19.3 Å². The second-order valence-electron chi connectivity index (χ2n) is 4.74. The number of nitrogens with one attached hydrogen (secondary N) is 1. The van der Waals surface area contributed by atoms with Crippen molar-refractivity contribution >= 4 is 27.8 Å². The van der Waals surface area contributed by atoms with Gasteiger partial charge in [0.1, 0.15) is 11.2 Å². The van der Waals surface area contributed by atoms with Gasteiger partial charge >= 0.3 is 5.97 Å². The van der Waals surface area contributed by atoms with Gasteiger partial charge in [-0.05, 0) is 40.9 Å². The van der Waals surface area contributed by atoms with Crippen LogP contribution in [0.4, 0.5) is 0 Å². The fourth-order valence-electron chi connectivity index (χ4n) is 2.38. The van der Waals surface area contributed by atoms with Crippen molar-refractivity contribution in [3.8, 4) is 0 Å². The van der Waals surface area contributed by atoms with Crippen LogP contribution in [-0.2, 0) is 4.79 Å². The first kappa shape index (κ1) is 14.0. The first-order chi connectivity index (χ1) is 9.05. The average molecular weight is 327 g/mol. The highest BCUT2D eigenvalue weighted by molar-refractivity contribution is 9.10. The van der Waals surface area contributed by atoms with Crippen molar-refractivity contribution in [2.45, 2.75) is 37.6 Å². The molecule has 1 aliphatic rings. The van der Waals surface area contributed by atoms with Gasteiger partial charge in [-0.1, -0.05) is 19.3 Å². The third kappa shape index (κ3) is 2.94. The van der Waals surface area contributed by atoms with Crippen LogP contribution in [0.15, 0.2) is 22.8 Å². The molecule has 102 valence electrons. The Kier molecular flexibility index (Phi) is 4.19. The van der Waals surface area contributed by atoms with Gasteiger partial charge in [-0.25, -0.2) is 9.78 Å². The van der Waals surface area contributed by atoms with Crippen LogP contribution in [0.3, 0.4) is 0 Å². The Morgan fingerprint density at radius 1 is 1.32 bits per heavy atom. The minimum Gasteiger partial charge on any atom is -0.480 e. The van der Waals surface area contributed by atoms with Gasteiger partial charge in [0.05, 0.1) is 0 Å². The van der Waals surface area contributed by atoms with Crippen molar-refractivity contribution in [3.63, 3.8) is 0 Å². The minimum atomic E-state index is -1.15. The van der Waals surface area contributed by atoms with E-state index in [9.17, 15) is 14.7 Å². The van der Waals surface area contributed by atoms with Crippen LogP contribution >= 0.6 is 15.9 Å². The molecular formula is C13H15BrN2O3. The molecule has 0 aliphatic heterocycles. The van der Waals surface area contributed by atoms with Gasteiger partial charge in [-0.15, -0.1) is 0 Å². The van der Waals surface area contributed by atoms with Crippen LogP contribution in [0.1, 0.15) is 42.6 Å². The topological polar surface area (TPSA) is 79.3 Å². The maximum Gasteiger partial charge on any atom is 0.329 e. The van der Waals surface area contributed by atoms with Gasteiger partial charge in [0.2, 0.25) is 0 Å². The molecular weight excluding hydrogens is 312 g/mol. The monoisotopic (exact) mass is 326 g/mol. The zero-order valence-corrected chi connectivity index (χ0v) is 11.9. The Labute approximate surface area is 119 Å². The molecule has 0 radical (unpaired) electrons. The van der Waals surface area contributed by atoms with E-state index in [4.69, 9.17) is 0 Å². The summed E-state index contributed by atoms with van der Waals surface area (Å²) in [6.45, 7) is 0. The molecule has 0 bridgehead atoms. The van der Waals surface area contributed by atoms with Crippen molar-refractivity contribution in [3.05, 3.63) is 28.5 Å². The summed E-state index contributed by atoms with van der Waals surface area (Å²) in [5.74, 6) is -1.41. The zero-order chi connectivity index (χ0) is 13.9. The summed E-state index contributed by atoms with van der Waals surface area (Å²) >= 11 is 3.25. The summed E-state index contributed by atoms with van der Waals surface area (Å²) in [6.07, 6.45) is 5.09. The normalized spacial score (nSPS) is 17.7. The molecule has 0 atom stereocenters. The second kappa shape index (κ2) is 5.69. The van der Waals surface area contributed by atoms with E-state index in [-0.39, 0.29) is 5.69 Å². The summed E-state index contributed by atoms with van der Waals surface area (Å²) in [4.78, 5) is 27.6. The number of carboxylic acids is 1. The Morgan fingerprint density at radius 2 is 2.00 bits per heavy atom. The number of nitrogens with zero attached hydrogens (tertiary/aromatic N) is 1. The van der Waals surface area contributed by atoms with E-state index < -0.39 is 17.4 Å². The SMILES string of the molecule is O=C(NC1(C(=O)O)CCCCC1)c1ncccc1Br. The number of aliphatic carboxylic acids is 1. The number of pyridine rings is 1. The zero-order valence-electron chi connectivity index (χ0n) is 10.4. The number of hydrogen-bond donors (Lipinski definition) is 2. The van der Waals surface area contributed by atoms with Crippen LogP contribution in [0.25, 0.3) is 0 Å². The highest BCUT2D eigenvalue weighted by Crippen LogP contribution is 2.29. The molecule has 0 saturated heterocycles. The maximum atomic E-state index is 12.2. The molecule has 1 heterocycles. The van der Waals surface area contributed by atoms with Crippen molar-refractivity contribution in [2.24, 2.45) is 0 Å². The molecule has 6 heteroatoms. The lowest BCUT2D eigenvalue weighted by Gasteiger charge is -2.33. The lowest BCUT2D eigenvalue weighted by atomic mass is 9.81. The smallest absolute Gasteiger partial charge is 0.329 e. The number of aromatic nitrogens is 1. The molecule has 1 aromatic rings. The molecule has 1 aromatic heterocycles. The molecule has 1 saturated carbocycles. The predicted molar refractivity (Wildman–Crippen MR) is 72.9 cm³/mol. The van der Waals surface area contributed by atoms with E-state index in [1.165, 1.54) is 6.20 Å². The molecule has 2 N–H and O–H groups in total.